The Morgan fingerprint density at radius 1 is 1.00 bits per heavy atom. The van der Waals surface area contributed by atoms with Crippen LogP contribution < -0.4 is 15.2 Å². The highest BCUT2D eigenvalue weighted by Gasteiger charge is 2.29. The molecule has 0 aliphatic carbocycles. The SMILES string of the molecule is NC(c1cc2ccccc2o1)C1COc2ccccc2O1. The Morgan fingerprint density at radius 2 is 1.76 bits per heavy atom. The van der Waals surface area contributed by atoms with Crippen LogP contribution >= 0.6 is 0 Å². The number of rotatable bonds is 2. The molecule has 1 aliphatic rings. The van der Waals surface area contributed by atoms with Crippen LogP contribution in [0.4, 0.5) is 0 Å². The van der Waals surface area contributed by atoms with E-state index in [0.717, 1.165) is 22.5 Å². The van der Waals surface area contributed by atoms with Gasteiger partial charge in [0.2, 0.25) is 0 Å². The van der Waals surface area contributed by atoms with Gasteiger partial charge >= 0.3 is 0 Å². The summed E-state index contributed by atoms with van der Waals surface area (Å²) >= 11 is 0. The molecule has 0 amide bonds. The number of hydrogen-bond donors (Lipinski definition) is 1. The van der Waals surface area contributed by atoms with Gasteiger partial charge in [0.05, 0.1) is 0 Å². The standard InChI is InChI=1S/C17H15NO3/c18-17(15-9-11-5-1-2-6-12(11)20-15)16-10-19-13-7-3-4-8-14(13)21-16/h1-9,16-17H,10,18H2. The van der Waals surface area contributed by atoms with Gasteiger partial charge in [0.15, 0.2) is 17.6 Å². The molecule has 2 heterocycles. The monoisotopic (exact) mass is 281 g/mol. The van der Waals surface area contributed by atoms with Crippen molar-refractivity contribution in [2.45, 2.75) is 12.1 Å². The first kappa shape index (κ1) is 12.3. The molecule has 106 valence electrons. The first-order valence-corrected chi connectivity index (χ1v) is 6.94. The van der Waals surface area contributed by atoms with Crippen molar-refractivity contribution in [1.82, 2.24) is 0 Å². The summed E-state index contributed by atoms with van der Waals surface area (Å²) in [7, 11) is 0. The molecule has 0 saturated carbocycles. The molecule has 0 radical (unpaired) electrons. The summed E-state index contributed by atoms with van der Waals surface area (Å²) in [6, 6.07) is 17.0. The summed E-state index contributed by atoms with van der Waals surface area (Å²) in [5, 5.41) is 1.04. The average molecular weight is 281 g/mol. The maximum absolute atomic E-state index is 6.29. The molecule has 4 heteroatoms. The van der Waals surface area contributed by atoms with Gasteiger partial charge in [-0.15, -0.1) is 0 Å². The Kier molecular flexibility index (Phi) is 2.82. The zero-order valence-corrected chi connectivity index (χ0v) is 11.4. The van der Waals surface area contributed by atoms with E-state index < -0.39 is 0 Å². The third-order valence-electron chi connectivity index (χ3n) is 3.70. The fraction of sp³-hybridized carbons (Fsp3) is 0.176. The minimum Gasteiger partial charge on any atom is -0.486 e. The Balaban J connectivity index is 1.62. The Morgan fingerprint density at radius 3 is 2.62 bits per heavy atom. The number of ether oxygens (including phenoxy) is 2. The van der Waals surface area contributed by atoms with Crippen LogP contribution in [0.2, 0.25) is 0 Å². The fourth-order valence-electron chi connectivity index (χ4n) is 2.56. The number of nitrogens with two attached hydrogens (primary N) is 1. The molecule has 0 bridgehead atoms. The molecule has 2 aromatic carbocycles. The largest absolute Gasteiger partial charge is 0.486 e. The van der Waals surface area contributed by atoms with Crippen molar-refractivity contribution in [3.05, 3.63) is 60.4 Å². The maximum atomic E-state index is 6.29. The van der Waals surface area contributed by atoms with Crippen LogP contribution in [0, 0.1) is 0 Å². The second-order valence-electron chi connectivity index (χ2n) is 5.13. The molecule has 1 aliphatic heterocycles. The molecule has 2 N–H and O–H groups in total. The number of furan rings is 1. The van der Waals surface area contributed by atoms with Gasteiger partial charge in [-0.2, -0.15) is 0 Å². The van der Waals surface area contributed by atoms with Crippen molar-refractivity contribution >= 4 is 11.0 Å². The summed E-state index contributed by atoms with van der Waals surface area (Å²) in [5.41, 5.74) is 7.13. The van der Waals surface area contributed by atoms with Gasteiger partial charge in [-0.3, -0.25) is 0 Å². The lowest BCUT2D eigenvalue weighted by atomic mass is 10.1. The molecular formula is C17H15NO3. The van der Waals surface area contributed by atoms with E-state index in [1.54, 1.807) is 0 Å². The summed E-state index contributed by atoms with van der Waals surface area (Å²) in [6.45, 7) is 0.412. The van der Waals surface area contributed by atoms with Gasteiger partial charge in [0.1, 0.15) is 24.0 Å². The Labute approximate surface area is 122 Å². The molecule has 21 heavy (non-hydrogen) atoms. The van der Waals surface area contributed by atoms with E-state index in [9.17, 15) is 0 Å². The predicted molar refractivity (Wildman–Crippen MR) is 79.5 cm³/mol. The highest BCUT2D eigenvalue weighted by molar-refractivity contribution is 5.77. The van der Waals surface area contributed by atoms with Crippen LogP contribution in [0.3, 0.4) is 0 Å². The Bertz CT molecular complexity index is 747. The first-order valence-electron chi connectivity index (χ1n) is 6.94. The smallest absolute Gasteiger partial charge is 0.161 e. The van der Waals surface area contributed by atoms with Gasteiger partial charge in [-0.1, -0.05) is 30.3 Å². The topological polar surface area (TPSA) is 57.6 Å². The van der Waals surface area contributed by atoms with Crippen LogP contribution in [0.5, 0.6) is 11.5 Å². The molecule has 0 spiro atoms. The summed E-state index contributed by atoms with van der Waals surface area (Å²) in [6.07, 6.45) is -0.263. The van der Waals surface area contributed by atoms with Gasteiger partial charge in [-0.25, -0.2) is 0 Å². The maximum Gasteiger partial charge on any atom is 0.161 e. The van der Waals surface area contributed by atoms with Crippen molar-refractivity contribution in [3.63, 3.8) is 0 Å². The highest BCUT2D eigenvalue weighted by Crippen LogP contribution is 2.34. The number of fused-ring (bicyclic) bond motifs is 2. The Hall–Kier alpha value is -2.46. The lowest BCUT2D eigenvalue weighted by Gasteiger charge is -2.29. The van der Waals surface area contributed by atoms with E-state index in [1.165, 1.54) is 0 Å². The molecule has 2 unspecified atom stereocenters. The van der Waals surface area contributed by atoms with Gasteiger partial charge < -0.3 is 19.6 Å². The quantitative estimate of drug-likeness (QED) is 0.783. The zero-order valence-electron chi connectivity index (χ0n) is 11.4. The van der Waals surface area contributed by atoms with Crippen LogP contribution in [0.1, 0.15) is 11.8 Å². The lowest BCUT2D eigenvalue weighted by Crippen LogP contribution is -2.38. The predicted octanol–water partition coefficient (Wildman–Crippen LogP) is 3.27. The van der Waals surface area contributed by atoms with Gasteiger partial charge in [-0.05, 0) is 24.3 Å². The minimum atomic E-state index is -0.370. The molecule has 4 nitrogen and oxygen atoms in total. The second kappa shape index (κ2) is 4.82. The number of hydrogen-bond acceptors (Lipinski definition) is 4. The number of benzene rings is 2. The third-order valence-corrected chi connectivity index (χ3v) is 3.70. The molecule has 1 aromatic heterocycles. The van der Waals surface area contributed by atoms with Crippen molar-refractivity contribution in [2.75, 3.05) is 6.61 Å². The third kappa shape index (κ3) is 2.14. The molecule has 3 aromatic rings. The summed E-state index contributed by atoms with van der Waals surface area (Å²) < 4.78 is 17.5. The van der Waals surface area contributed by atoms with Crippen molar-refractivity contribution < 1.29 is 13.9 Å². The minimum absolute atomic E-state index is 0.263. The van der Waals surface area contributed by atoms with Crippen LogP contribution in [-0.2, 0) is 0 Å². The molecule has 0 saturated heterocycles. The van der Waals surface area contributed by atoms with Crippen molar-refractivity contribution in [2.24, 2.45) is 5.73 Å². The summed E-state index contributed by atoms with van der Waals surface area (Å²) in [5.74, 6) is 2.19. The van der Waals surface area contributed by atoms with E-state index in [0.29, 0.717) is 12.4 Å². The van der Waals surface area contributed by atoms with E-state index in [-0.39, 0.29) is 12.1 Å². The van der Waals surface area contributed by atoms with Crippen molar-refractivity contribution in [1.29, 1.82) is 0 Å². The normalized spacial score (nSPS) is 18.6. The molecule has 2 atom stereocenters. The molecule has 4 rings (SSSR count). The van der Waals surface area contributed by atoms with Crippen LogP contribution in [-0.4, -0.2) is 12.7 Å². The lowest BCUT2D eigenvalue weighted by molar-refractivity contribution is 0.0671. The molecule has 0 fully saturated rings. The van der Waals surface area contributed by atoms with Crippen LogP contribution in [0.15, 0.2) is 59.0 Å². The fourth-order valence-corrected chi connectivity index (χ4v) is 2.56. The van der Waals surface area contributed by atoms with Gasteiger partial charge in [0.25, 0.3) is 0 Å². The first-order chi connectivity index (χ1) is 10.3. The van der Waals surface area contributed by atoms with E-state index >= 15 is 0 Å². The molecular weight excluding hydrogens is 266 g/mol. The second-order valence-corrected chi connectivity index (χ2v) is 5.13. The van der Waals surface area contributed by atoms with E-state index in [1.807, 2.05) is 54.6 Å². The zero-order chi connectivity index (χ0) is 14.2. The highest BCUT2D eigenvalue weighted by atomic mass is 16.6. The van der Waals surface area contributed by atoms with E-state index in [4.69, 9.17) is 19.6 Å². The summed E-state index contributed by atoms with van der Waals surface area (Å²) in [4.78, 5) is 0. The van der Waals surface area contributed by atoms with Gasteiger partial charge in [0, 0.05) is 5.39 Å². The van der Waals surface area contributed by atoms with Crippen LogP contribution in [0.25, 0.3) is 11.0 Å². The van der Waals surface area contributed by atoms with Crippen molar-refractivity contribution in [3.8, 4) is 11.5 Å². The number of para-hydroxylation sites is 3. The van der Waals surface area contributed by atoms with E-state index in [2.05, 4.69) is 0 Å². The average Bonchev–Trinajstić information content (AvgIpc) is 2.97.